The van der Waals surface area contributed by atoms with Gasteiger partial charge in [0.15, 0.2) is 0 Å². The second kappa shape index (κ2) is 6.96. The van der Waals surface area contributed by atoms with E-state index in [0.717, 1.165) is 12.0 Å². The summed E-state index contributed by atoms with van der Waals surface area (Å²) in [6.07, 6.45) is 1.35. The Labute approximate surface area is 87.9 Å². The summed E-state index contributed by atoms with van der Waals surface area (Å²) >= 11 is 0. The zero-order valence-electron chi connectivity index (χ0n) is 8.04. The predicted octanol–water partition coefficient (Wildman–Crippen LogP) is 1.39. The number of halogens is 2. The fourth-order valence-corrected chi connectivity index (χ4v) is 1.63. The van der Waals surface area contributed by atoms with Crippen molar-refractivity contribution in [2.45, 2.75) is 19.4 Å². The van der Waals surface area contributed by atoms with Crippen LogP contribution in [0.2, 0.25) is 0 Å². The van der Waals surface area contributed by atoms with Crippen molar-refractivity contribution in [1.82, 2.24) is 10.2 Å². The topological polar surface area (TPSA) is 15.3 Å². The van der Waals surface area contributed by atoms with Gasteiger partial charge in [-0.05, 0) is 39.9 Å². The molecular weight excluding hydrogens is 195 g/mol. The summed E-state index contributed by atoms with van der Waals surface area (Å²) in [4.78, 5) is 2.27. The Morgan fingerprint density at radius 1 is 1.33 bits per heavy atom. The summed E-state index contributed by atoms with van der Waals surface area (Å²) in [5.74, 6) is 0.870. The second-order valence-electron chi connectivity index (χ2n) is 3.55. The summed E-state index contributed by atoms with van der Waals surface area (Å²) < 4.78 is 0. The number of hydrogen-bond acceptors (Lipinski definition) is 2. The van der Waals surface area contributed by atoms with Crippen LogP contribution in [0.5, 0.6) is 0 Å². The van der Waals surface area contributed by atoms with E-state index in [1.165, 1.54) is 19.5 Å². The Morgan fingerprint density at radius 2 is 1.92 bits per heavy atom. The van der Waals surface area contributed by atoms with Crippen molar-refractivity contribution in [3.63, 3.8) is 0 Å². The third-order valence-electron chi connectivity index (χ3n) is 2.29. The Hall–Kier alpha value is 0.500. The molecule has 1 N–H and O–H groups in total. The fourth-order valence-electron chi connectivity index (χ4n) is 1.63. The SMILES string of the molecule is CC1NCCC1CN(C)C.Cl.Cl. The quantitative estimate of drug-likeness (QED) is 0.748. The van der Waals surface area contributed by atoms with Gasteiger partial charge in [0.25, 0.3) is 0 Å². The average molecular weight is 215 g/mol. The highest BCUT2D eigenvalue weighted by Crippen LogP contribution is 2.14. The lowest BCUT2D eigenvalue weighted by Gasteiger charge is -2.19. The maximum absolute atomic E-state index is 3.45. The van der Waals surface area contributed by atoms with Gasteiger partial charge in [-0.15, -0.1) is 24.8 Å². The molecular formula is C8H20Cl2N2. The van der Waals surface area contributed by atoms with E-state index < -0.39 is 0 Å². The molecule has 1 aliphatic rings. The van der Waals surface area contributed by atoms with Crippen molar-refractivity contribution in [1.29, 1.82) is 0 Å². The largest absolute Gasteiger partial charge is 0.314 e. The van der Waals surface area contributed by atoms with E-state index in [4.69, 9.17) is 0 Å². The molecule has 1 fully saturated rings. The highest BCUT2D eigenvalue weighted by Gasteiger charge is 2.22. The highest BCUT2D eigenvalue weighted by atomic mass is 35.5. The summed E-state index contributed by atoms with van der Waals surface area (Å²) in [6, 6.07) is 0.724. The van der Waals surface area contributed by atoms with Crippen LogP contribution >= 0.6 is 24.8 Å². The lowest BCUT2D eigenvalue weighted by atomic mass is 10.0. The molecule has 0 aliphatic carbocycles. The second-order valence-corrected chi connectivity index (χ2v) is 3.55. The van der Waals surface area contributed by atoms with E-state index in [9.17, 15) is 0 Å². The maximum Gasteiger partial charge on any atom is 0.00796 e. The van der Waals surface area contributed by atoms with Gasteiger partial charge >= 0.3 is 0 Å². The van der Waals surface area contributed by atoms with E-state index in [1.54, 1.807) is 0 Å². The zero-order chi connectivity index (χ0) is 7.56. The first-order chi connectivity index (χ1) is 4.70. The van der Waals surface area contributed by atoms with E-state index >= 15 is 0 Å². The van der Waals surface area contributed by atoms with Crippen molar-refractivity contribution in [3.8, 4) is 0 Å². The van der Waals surface area contributed by atoms with Crippen LogP contribution in [-0.4, -0.2) is 38.1 Å². The van der Waals surface area contributed by atoms with Gasteiger partial charge in [-0.1, -0.05) is 0 Å². The minimum Gasteiger partial charge on any atom is -0.314 e. The lowest BCUT2D eigenvalue weighted by Crippen LogP contribution is -2.30. The van der Waals surface area contributed by atoms with Crippen molar-refractivity contribution in [3.05, 3.63) is 0 Å². The van der Waals surface area contributed by atoms with Gasteiger partial charge in [0.1, 0.15) is 0 Å². The van der Waals surface area contributed by atoms with Gasteiger partial charge in [0, 0.05) is 12.6 Å². The molecule has 2 nitrogen and oxygen atoms in total. The fraction of sp³-hybridized carbons (Fsp3) is 1.00. The van der Waals surface area contributed by atoms with Crippen LogP contribution in [0.15, 0.2) is 0 Å². The van der Waals surface area contributed by atoms with Crippen LogP contribution in [0.25, 0.3) is 0 Å². The molecule has 0 saturated carbocycles. The van der Waals surface area contributed by atoms with E-state index in [0.29, 0.717) is 0 Å². The number of nitrogens with zero attached hydrogens (tertiary/aromatic N) is 1. The molecule has 1 saturated heterocycles. The molecule has 1 rings (SSSR count). The molecule has 0 aromatic rings. The normalized spacial score (nSPS) is 28.0. The Morgan fingerprint density at radius 3 is 2.25 bits per heavy atom. The molecule has 0 aromatic carbocycles. The summed E-state index contributed by atoms with van der Waals surface area (Å²) in [5.41, 5.74) is 0. The Bertz CT molecular complexity index is 109. The lowest BCUT2D eigenvalue weighted by molar-refractivity contribution is 0.310. The van der Waals surface area contributed by atoms with Crippen LogP contribution in [0.4, 0.5) is 0 Å². The molecule has 1 aliphatic heterocycles. The molecule has 1 heterocycles. The molecule has 0 radical (unpaired) electrons. The van der Waals surface area contributed by atoms with Gasteiger partial charge in [0.05, 0.1) is 0 Å². The smallest absolute Gasteiger partial charge is 0.00796 e. The molecule has 0 amide bonds. The number of nitrogens with one attached hydrogen (secondary N) is 1. The molecule has 0 spiro atoms. The van der Waals surface area contributed by atoms with Crippen LogP contribution < -0.4 is 5.32 Å². The monoisotopic (exact) mass is 214 g/mol. The van der Waals surface area contributed by atoms with Gasteiger partial charge < -0.3 is 10.2 Å². The molecule has 12 heavy (non-hydrogen) atoms. The predicted molar refractivity (Wildman–Crippen MR) is 58.6 cm³/mol. The summed E-state index contributed by atoms with van der Waals surface area (Å²) in [7, 11) is 4.29. The van der Waals surface area contributed by atoms with Gasteiger partial charge in [-0.2, -0.15) is 0 Å². The number of rotatable bonds is 2. The molecule has 4 heteroatoms. The molecule has 0 bridgehead atoms. The van der Waals surface area contributed by atoms with Crippen LogP contribution in [0.1, 0.15) is 13.3 Å². The molecule has 2 atom stereocenters. The molecule has 76 valence electrons. The first-order valence-electron chi connectivity index (χ1n) is 4.08. The van der Waals surface area contributed by atoms with E-state index in [1.807, 2.05) is 0 Å². The van der Waals surface area contributed by atoms with E-state index in [-0.39, 0.29) is 24.8 Å². The average Bonchev–Trinajstić information content (AvgIpc) is 2.15. The van der Waals surface area contributed by atoms with Crippen LogP contribution in [0.3, 0.4) is 0 Å². The van der Waals surface area contributed by atoms with Crippen molar-refractivity contribution in [2.75, 3.05) is 27.2 Å². The van der Waals surface area contributed by atoms with Gasteiger partial charge in [0.2, 0.25) is 0 Å². The summed E-state index contributed by atoms with van der Waals surface area (Å²) in [6.45, 7) is 4.72. The molecule has 0 aromatic heterocycles. The van der Waals surface area contributed by atoms with Gasteiger partial charge in [-0.25, -0.2) is 0 Å². The zero-order valence-corrected chi connectivity index (χ0v) is 9.67. The van der Waals surface area contributed by atoms with Gasteiger partial charge in [-0.3, -0.25) is 0 Å². The first-order valence-corrected chi connectivity index (χ1v) is 4.08. The Kier molecular flexibility index (Phi) is 8.69. The third kappa shape index (κ3) is 4.51. The Balaban J connectivity index is 0. The van der Waals surface area contributed by atoms with Crippen LogP contribution in [0, 0.1) is 5.92 Å². The molecule has 2 unspecified atom stereocenters. The third-order valence-corrected chi connectivity index (χ3v) is 2.29. The maximum atomic E-state index is 3.45. The minimum absolute atomic E-state index is 0. The summed E-state index contributed by atoms with van der Waals surface area (Å²) in [5, 5.41) is 3.45. The minimum atomic E-state index is 0. The van der Waals surface area contributed by atoms with E-state index in [2.05, 4.69) is 31.2 Å². The van der Waals surface area contributed by atoms with Crippen molar-refractivity contribution >= 4 is 24.8 Å². The first kappa shape index (κ1) is 15.0. The van der Waals surface area contributed by atoms with Crippen molar-refractivity contribution < 1.29 is 0 Å². The standard InChI is InChI=1S/C8H18N2.2ClH/c1-7-8(4-5-9-7)6-10(2)3;;/h7-9H,4-6H2,1-3H3;2*1H. The number of hydrogen-bond donors (Lipinski definition) is 1. The van der Waals surface area contributed by atoms with Crippen LogP contribution in [-0.2, 0) is 0 Å². The highest BCUT2D eigenvalue weighted by molar-refractivity contribution is 5.85. The van der Waals surface area contributed by atoms with Crippen molar-refractivity contribution in [2.24, 2.45) is 5.92 Å².